The van der Waals surface area contributed by atoms with Crippen LogP contribution in [0.15, 0.2) is 40.9 Å². The Balaban J connectivity index is 2.30. The standard InChI is InChI=1S/C13H7BrCl2INO/c14-10-3-1-8(16)6-12(10)18-13(19)9-5-7(15)2-4-11(9)17/h1-6H,(H,18,19). The molecule has 0 aromatic heterocycles. The topological polar surface area (TPSA) is 29.1 Å². The van der Waals surface area contributed by atoms with Crippen molar-refractivity contribution < 1.29 is 4.79 Å². The molecule has 0 saturated carbocycles. The maximum absolute atomic E-state index is 12.2. The first-order chi connectivity index (χ1) is 8.97. The lowest BCUT2D eigenvalue weighted by Gasteiger charge is -2.09. The molecule has 0 aliphatic rings. The average molecular weight is 471 g/mol. The van der Waals surface area contributed by atoms with E-state index in [-0.39, 0.29) is 5.91 Å². The molecule has 0 aliphatic carbocycles. The van der Waals surface area contributed by atoms with Crippen LogP contribution < -0.4 is 5.32 Å². The van der Waals surface area contributed by atoms with Crippen molar-refractivity contribution in [3.8, 4) is 0 Å². The van der Waals surface area contributed by atoms with E-state index in [1.165, 1.54) is 0 Å². The number of hydrogen-bond acceptors (Lipinski definition) is 1. The van der Waals surface area contributed by atoms with Crippen molar-refractivity contribution in [3.05, 3.63) is 60.0 Å². The first-order valence-electron chi connectivity index (χ1n) is 5.19. The number of hydrogen-bond donors (Lipinski definition) is 1. The lowest BCUT2D eigenvalue weighted by molar-refractivity contribution is 0.102. The number of carbonyl (C=O) groups is 1. The lowest BCUT2D eigenvalue weighted by atomic mass is 10.2. The average Bonchev–Trinajstić information content (AvgIpc) is 2.36. The molecule has 1 amide bonds. The Morgan fingerprint density at radius 1 is 1.11 bits per heavy atom. The molecule has 19 heavy (non-hydrogen) atoms. The second-order valence-electron chi connectivity index (χ2n) is 3.70. The highest BCUT2D eigenvalue weighted by molar-refractivity contribution is 14.1. The Morgan fingerprint density at radius 2 is 1.74 bits per heavy atom. The van der Waals surface area contributed by atoms with Crippen LogP contribution in [0.5, 0.6) is 0 Å². The van der Waals surface area contributed by atoms with Gasteiger partial charge < -0.3 is 5.32 Å². The molecule has 0 saturated heterocycles. The van der Waals surface area contributed by atoms with E-state index in [4.69, 9.17) is 23.2 Å². The first-order valence-corrected chi connectivity index (χ1v) is 7.81. The smallest absolute Gasteiger partial charge is 0.256 e. The summed E-state index contributed by atoms with van der Waals surface area (Å²) in [4.78, 5) is 12.2. The third kappa shape index (κ3) is 3.84. The van der Waals surface area contributed by atoms with Crippen LogP contribution in [-0.2, 0) is 0 Å². The van der Waals surface area contributed by atoms with E-state index in [2.05, 4.69) is 43.8 Å². The fraction of sp³-hybridized carbons (Fsp3) is 0. The number of nitrogens with one attached hydrogen (secondary N) is 1. The minimum atomic E-state index is -0.227. The van der Waals surface area contributed by atoms with Gasteiger partial charge in [0.15, 0.2) is 0 Å². The van der Waals surface area contributed by atoms with Gasteiger partial charge in [0.25, 0.3) is 5.91 Å². The monoisotopic (exact) mass is 469 g/mol. The molecule has 0 atom stereocenters. The van der Waals surface area contributed by atoms with Gasteiger partial charge in [-0.2, -0.15) is 0 Å². The van der Waals surface area contributed by atoms with Crippen LogP contribution in [-0.4, -0.2) is 5.91 Å². The van der Waals surface area contributed by atoms with Crippen LogP contribution >= 0.6 is 61.7 Å². The Morgan fingerprint density at radius 3 is 2.47 bits per heavy atom. The van der Waals surface area contributed by atoms with Crippen LogP contribution in [0.25, 0.3) is 0 Å². The molecule has 2 nitrogen and oxygen atoms in total. The van der Waals surface area contributed by atoms with Gasteiger partial charge >= 0.3 is 0 Å². The molecule has 2 aromatic carbocycles. The van der Waals surface area contributed by atoms with Gasteiger partial charge in [-0.1, -0.05) is 23.2 Å². The SMILES string of the molecule is O=C(Nc1cc(Cl)ccc1Br)c1cc(Cl)ccc1I. The molecular weight excluding hydrogens is 464 g/mol. The number of halogens is 4. The van der Waals surface area contributed by atoms with Crippen LogP contribution in [0.3, 0.4) is 0 Å². The van der Waals surface area contributed by atoms with Crippen molar-refractivity contribution in [2.24, 2.45) is 0 Å². The fourth-order valence-electron chi connectivity index (χ4n) is 1.45. The molecule has 6 heteroatoms. The molecule has 1 N–H and O–H groups in total. The second kappa shape index (κ2) is 6.43. The molecule has 0 radical (unpaired) electrons. The highest BCUT2D eigenvalue weighted by Crippen LogP contribution is 2.27. The minimum Gasteiger partial charge on any atom is -0.321 e. The third-order valence-corrected chi connectivity index (χ3v) is 4.45. The normalized spacial score (nSPS) is 10.3. The quantitative estimate of drug-likeness (QED) is 0.568. The summed E-state index contributed by atoms with van der Waals surface area (Å²) in [6.45, 7) is 0. The predicted molar refractivity (Wildman–Crippen MR) is 91.3 cm³/mol. The van der Waals surface area contributed by atoms with Gasteiger partial charge in [0.1, 0.15) is 0 Å². The molecule has 2 rings (SSSR count). The van der Waals surface area contributed by atoms with Crippen LogP contribution in [0.1, 0.15) is 10.4 Å². The summed E-state index contributed by atoms with van der Waals surface area (Å²) in [7, 11) is 0. The zero-order valence-corrected chi connectivity index (χ0v) is 14.6. The molecular formula is C13H7BrCl2INO. The predicted octanol–water partition coefficient (Wildman–Crippen LogP) is 5.61. The number of rotatable bonds is 2. The molecule has 0 aliphatic heterocycles. The number of benzene rings is 2. The Kier molecular flexibility index (Phi) is 5.11. The molecule has 98 valence electrons. The molecule has 0 fully saturated rings. The number of carbonyl (C=O) groups excluding carboxylic acids is 1. The molecule has 2 aromatic rings. The summed E-state index contributed by atoms with van der Waals surface area (Å²) in [5, 5.41) is 3.88. The zero-order chi connectivity index (χ0) is 14.0. The summed E-state index contributed by atoms with van der Waals surface area (Å²) < 4.78 is 1.60. The summed E-state index contributed by atoms with van der Waals surface area (Å²) in [5.74, 6) is -0.227. The second-order valence-corrected chi connectivity index (χ2v) is 6.59. The molecule has 0 heterocycles. The van der Waals surface area contributed by atoms with E-state index in [0.717, 1.165) is 8.04 Å². The Bertz CT molecular complexity index is 649. The third-order valence-electron chi connectivity index (χ3n) is 2.35. The van der Waals surface area contributed by atoms with Crippen LogP contribution in [0, 0.1) is 3.57 Å². The van der Waals surface area contributed by atoms with Gasteiger partial charge in [-0.25, -0.2) is 0 Å². The fourth-order valence-corrected chi connectivity index (χ4v) is 2.72. The zero-order valence-electron chi connectivity index (χ0n) is 9.38. The van der Waals surface area contributed by atoms with Gasteiger partial charge in [0.05, 0.1) is 11.3 Å². The molecule has 0 unspecified atom stereocenters. The van der Waals surface area contributed by atoms with E-state index in [9.17, 15) is 4.79 Å². The summed E-state index contributed by atoms with van der Waals surface area (Å²) in [6, 6.07) is 10.4. The van der Waals surface area contributed by atoms with Gasteiger partial charge in [0.2, 0.25) is 0 Å². The Labute approximate surface area is 142 Å². The van der Waals surface area contributed by atoms with Crippen molar-refractivity contribution >= 4 is 73.3 Å². The highest BCUT2D eigenvalue weighted by atomic mass is 127. The number of anilines is 1. The van der Waals surface area contributed by atoms with Gasteiger partial charge in [-0.3, -0.25) is 4.79 Å². The van der Waals surface area contributed by atoms with Crippen molar-refractivity contribution in [1.82, 2.24) is 0 Å². The van der Waals surface area contributed by atoms with Crippen LogP contribution in [0.4, 0.5) is 5.69 Å². The summed E-state index contributed by atoms with van der Waals surface area (Å²) >= 11 is 17.3. The summed E-state index contributed by atoms with van der Waals surface area (Å²) in [6.07, 6.45) is 0. The molecule has 0 spiro atoms. The van der Waals surface area contributed by atoms with Gasteiger partial charge in [0, 0.05) is 18.1 Å². The van der Waals surface area contributed by atoms with Crippen molar-refractivity contribution in [2.45, 2.75) is 0 Å². The van der Waals surface area contributed by atoms with Crippen LogP contribution in [0.2, 0.25) is 10.0 Å². The van der Waals surface area contributed by atoms with Crippen molar-refractivity contribution in [1.29, 1.82) is 0 Å². The maximum Gasteiger partial charge on any atom is 0.256 e. The van der Waals surface area contributed by atoms with E-state index in [1.54, 1.807) is 36.4 Å². The van der Waals surface area contributed by atoms with E-state index in [1.807, 2.05) is 0 Å². The van der Waals surface area contributed by atoms with Crippen molar-refractivity contribution in [2.75, 3.05) is 5.32 Å². The largest absolute Gasteiger partial charge is 0.321 e. The Hall–Kier alpha value is -0.300. The van der Waals surface area contributed by atoms with Gasteiger partial charge in [-0.05, 0) is 74.9 Å². The van der Waals surface area contributed by atoms with Gasteiger partial charge in [-0.15, -0.1) is 0 Å². The van der Waals surface area contributed by atoms with E-state index >= 15 is 0 Å². The van der Waals surface area contributed by atoms with E-state index in [0.29, 0.717) is 21.3 Å². The first kappa shape index (κ1) is 15.1. The van der Waals surface area contributed by atoms with E-state index < -0.39 is 0 Å². The summed E-state index contributed by atoms with van der Waals surface area (Å²) in [5.41, 5.74) is 1.15. The van der Waals surface area contributed by atoms with Crippen molar-refractivity contribution in [3.63, 3.8) is 0 Å². The number of amides is 1. The highest BCUT2D eigenvalue weighted by Gasteiger charge is 2.12. The minimum absolute atomic E-state index is 0.227. The maximum atomic E-state index is 12.2. The lowest BCUT2D eigenvalue weighted by Crippen LogP contribution is -2.13. The molecule has 0 bridgehead atoms.